The molecule has 2 saturated carbocycles. The molecular weight excluding hydrogens is 492 g/mol. The number of unbranched alkanes of at least 4 members (excludes halogenated alkanes) is 6. The van der Waals surface area contributed by atoms with Crippen molar-refractivity contribution in [2.24, 2.45) is 23.2 Å². The molecule has 1 aromatic carbocycles. The molecule has 4 nitrogen and oxygen atoms in total. The minimum atomic E-state index is -0.192. The molecule has 0 radical (unpaired) electrons. The van der Waals surface area contributed by atoms with E-state index in [4.69, 9.17) is 4.74 Å². The third-order valence-electron chi connectivity index (χ3n) is 9.21. The maximum absolute atomic E-state index is 13.8. The average molecular weight is 534 g/mol. The molecule has 4 rings (SSSR count). The van der Waals surface area contributed by atoms with Crippen molar-refractivity contribution in [1.82, 2.24) is 0 Å². The van der Waals surface area contributed by atoms with Crippen LogP contribution in [-0.4, -0.2) is 28.3 Å². The zero-order chi connectivity index (χ0) is 24.3. The van der Waals surface area contributed by atoms with Gasteiger partial charge < -0.3 is 9.84 Å². The second-order valence-electron chi connectivity index (χ2n) is 11.2. The lowest BCUT2D eigenvalue weighted by Gasteiger charge is -2.52. The Kier molecular flexibility index (Phi) is 8.43. The number of phenols is 1. The topological polar surface area (TPSA) is 63.6 Å². The van der Waals surface area contributed by atoms with Gasteiger partial charge in [-0.3, -0.25) is 9.59 Å². The van der Waals surface area contributed by atoms with Crippen molar-refractivity contribution < 1.29 is 19.4 Å². The molecule has 3 aliphatic rings. The van der Waals surface area contributed by atoms with E-state index in [0.29, 0.717) is 17.8 Å². The fourth-order valence-electron chi connectivity index (χ4n) is 7.59. The van der Waals surface area contributed by atoms with Gasteiger partial charge in [0, 0.05) is 29.2 Å². The molecule has 6 atom stereocenters. The van der Waals surface area contributed by atoms with Crippen LogP contribution < -0.4 is 0 Å². The Bertz CT molecular complexity index is 883. The molecule has 3 aliphatic carbocycles. The van der Waals surface area contributed by atoms with E-state index in [1.54, 1.807) is 12.1 Å². The second-order valence-corrected chi connectivity index (χ2v) is 12.0. The molecule has 188 valence electrons. The summed E-state index contributed by atoms with van der Waals surface area (Å²) in [6.07, 6.45) is 13.5. The fraction of sp³-hybridized carbons (Fsp3) is 0.724. The monoisotopic (exact) mass is 532 g/mol. The lowest BCUT2D eigenvalue weighted by molar-refractivity contribution is -0.155. The number of esters is 1. The van der Waals surface area contributed by atoms with Crippen molar-refractivity contribution in [3.63, 3.8) is 0 Å². The molecule has 0 aliphatic heterocycles. The van der Waals surface area contributed by atoms with Gasteiger partial charge in [-0.2, -0.15) is 0 Å². The van der Waals surface area contributed by atoms with E-state index in [1.807, 2.05) is 6.07 Å². The van der Waals surface area contributed by atoms with Gasteiger partial charge in [-0.05, 0) is 74.0 Å². The molecule has 0 spiro atoms. The number of Topliss-reactive ketones (excluding diaryl/α,β-unsaturated/α-hetero) is 1. The van der Waals surface area contributed by atoms with Crippen LogP contribution in [0.4, 0.5) is 0 Å². The Morgan fingerprint density at radius 2 is 1.79 bits per heavy atom. The molecular formula is C29H41BrO4. The first-order valence-electron chi connectivity index (χ1n) is 13.5. The summed E-state index contributed by atoms with van der Waals surface area (Å²) in [5.41, 5.74) is 1.84. The highest BCUT2D eigenvalue weighted by atomic mass is 79.9. The van der Waals surface area contributed by atoms with Crippen LogP contribution in [-0.2, 0) is 9.53 Å². The summed E-state index contributed by atoms with van der Waals surface area (Å²) in [4.78, 5) is 25.6. The molecule has 34 heavy (non-hydrogen) atoms. The van der Waals surface area contributed by atoms with E-state index in [0.717, 1.165) is 55.0 Å². The van der Waals surface area contributed by atoms with Crippen molar-refractivity contribution in [3.05, 3.63) is 29.3 Å². The Hall–Kier alpha value is -1.36. The second kappa shape index (κ2) is 11.1. The summed E-state index contributed by atoms with van der Waals surface area (Å²) in [6, 6.07) is 5.43. The van der Waals surface area contributed by atoms with Crippen LogP contribution >= 0.6 is 15.9 Å². The van der Waals surface area contributed by atoms with Crippen molar-refractivity contribution >= 4 is 27.7 Å². The van der Waals surface area contributed by atoms with Crippen LogP contribution in [0.15, 0.2) is 18.2 Å². The van der Waals surface area contributed by atoms with E-state index in [2.05, 4.69) is 22.9 Å². The lowest BCUT2D eigenvalue weighted by atomic mass is 9.51. The smallest absolute Gasteiger partial charge is 0.302 e. The van der Waals surface area contributed by atoms with E-state index >= 15 is 0 Å². The minimum absolute atomic E-state index is 0.00778. The number of carbonyl (C=O) groups excluding carboxylic acids is 2. The summed E-state index contributed by atoms with van der Waals surface area (Å²) in [7, 11) is 0. The Labute approximate surface area is 213 Å². The van der Waals surface area contributed by atoms with Crippen LogP contribution in [0.2, 0.25) is 0 Å². The number of alkyl halides is 1. The van der Waals surface area contributed by atoms with Gasteiger partial charge >= 0.3 is 5.97 Å². The van der Waals surface area contributed by atoms with Crippen molar-refractivity contribution in [3.8, 4) is 5.75 Å². The summed E-state index contributed by atoms with van der Waals surface area (Å²) in [6.45, 7) is 3.81. The zero-order valence-corrected chi connectivity index (χ0v) is 22.4. The molecule has 0 saturated heterocycles. The number of aromatic hydroxyl groups is 1. The van der Waals surface area contributed by atoms with E-state index in [1.165, 1.54) is 45.4 Å². The normalized spacial score (nSPS) is 32.1. The first-order chi connectivity index (χ1) is 16.4. The van der Waals surface area contributed by atoms with Crippen molar-refractivity contribution in [2.45, 2.75) is 103 Å². The van der Waals surface area contributed by atoms with Crippen LogP contribution in [0, 0.1) is 23.2 Å². The highest BCUT2D eigenvalue weighted by Crippen LogP contribution is 2.63. The van der Waals surface area contributed by atoms with Crippen LogP contribution in [0.5, 0.6) is 5.75 Å². The van der Waals surface area contributed by atoms with E-state index in [-0.39, 0.29) is 34.9 Å². The Morgan fingerprint density at radius 1 is 1.09 bits per heavy atom. The van der Waals surface area contributed by atoms with Gasteiger partial charge in [0.05, 0.1) is 0 Å². The van der Waals surface area contributed by atoms with Crippen molar-refractivity contribution in [1.29, 1.82) is 0 Å². The number of hydrogen-bond donors (Lipinski definition) is 1. The zero-order valence-electron chi connectivity index (χ0n) is 20.9. The molecule has 4 unspecified atom stereocenters. The number of halogens is 1. The molecule has 1 N–H and O–H groups in total. The van der Waals surface area contributed by atoms with Gasteiger partial charge in [0.2, 0.25) is 0 Å². The predicted molar refractivity (Wildman–Crippen MR) is 139 cm³/mol. The third kappa shape index (κ3) is 5.10. The predicted octanol–water partition coefficient (Wildman–Crippen LogP) is 7.56. The van der Waals surface area contributed by atoms with E-state index in [9.17, 15) is 14.7 Å². The summed E-state index contributed by atoms with van der Waals surface area (Å²) in [5, 5.41) is 11.2. The van der Waals surface area contributed by atoms with Gasteiger partial charge in [-0.25, -0.2) is 0 Å². The molecule has 0 heterocycles. The Balaban J connectivity index is 1.52. The third-order valence-corrected chi connectivity index (χ3v) is 9.77. The quantitative estimate of drug-likeness (QED) is 0.192. The maximum Gasteiger partial charge on any atom is 0.302 e. The molecule has 0 bridgehead atoms. The SMILES string of the molecule is CC(=O)O[C@H]1CCC2C3C(CCCCCCCCCBr)C(=O)c4cc(O)ccc4C3CC[C@@]21C. The van der Waals surface area contributed by atoms with Gasteiger partial charge in [-0.15, -0.1) is 0 Å². The number of phenolic OH excluding ortho intramolecular Hbond substituents is 1. The number of rotatable bonds is 10. The van der Waals surface area contributed by atoms with Crippen molar-refractivity contribution in [2.75, 3.05) is 5.33 Å². The van der Waals surface area contributed by atoms with Crippen LogP contribution in [0.25, 0.3) is 0 Å². The van der Waals surface area contributed by atoms with E-state index < -0.39 is 0 Å². The molecule has 5 heteroatoms. The number of ether oxygens (including phenoxy) is 1. The van der Waals surface area contributed by atoms with Crippen LogP contribution in [0.3, 0.4) is 0 Å². The average Bonchev–Trinajstić information content (AvgIpc) is 3.13. The first kappa shape index (κ1) is 25.7. The first-order valence-corrected chi connectivity index (χ1v) is 14.6. The lowest BCUT2D eigenvalue weighted by Crippen LogP contribution is -2.49. The minimum Gasteiger partial charge on any atom is -0.508 e. The standard InChI is InChI=1S/C29H41BrO4/c1-19(31)34-26-14-13-25-27-22(15-16-29(25,26)2)21-12-11-20(32)18-24(21)28(33)23(27)10-8-6-4-3-5-7-9-17-30/h11-12,18,22-23,25-27,32H,3-10,13-17H2,1-2H3/t22?,23?,25?,26-,27?,29-/m0/s1. The highest BCUT2D eigenvalue weighted by molar-refractivity contribution is 9.09. The fourth-order valence-corrected chi connectivity index (χ4v) is 7.98. The van der Waals surface area contributed by atoms with Gasteiger partial charge in [0.15, 0.2) is 5.78 Å². The summed E-state index contributed by atoms with van der Waals surface area (Å²) in [5.74, 6) is 1.29. The van der Waals surface area contributed by atoms with Gasteiger partial charge in [-0.1, -0.05) is 67.4 Å². The number of hydrogen-bond acceptors (Lipinski definition) is 4. The van der Waals surface area contributed by atoms with Crippen LogP contribution in [0.1, 0.15) is 113 Å². The summed E-state index contributed by atoms with van der Waals surface area (Å²) < 4.78 is 5.80. The largest absolute Gasteiger partial charge is 0.508 e. The molecule has 0 amide bonds. The van der Waals surface area contributed by atoms with Gasteiger partial charge in [0.1, 0.15) is 11.9 Å². The molecule has 1 aromatic rings. The van der Waals surface area contributed by atoms with Gasteiger partial charge in [0.25, 0.3) is 0 Å². The number of carbonyl (C=O) groups is 2. The summed E-state index contributed by atoms with van der Waals surface area (Å²) >= 11 is 3.50. The number of ketones is 1. The highest BCUT2D eigenvalue weighted by Gasteiger charge is 2.59. The molecule has 2 fully saturated rings. The maximum atomic E-state index is 13.8. The number of benzene rings is 1. The number of fused-ring (bicyclic) bond motifs is 5. The Morgan fingerprint density at radius 3 is 2.50 bits per heavy atom. The molecule has 0 aromatic heterocycles.